The molecule has 1 fully saturated rings. The van der Waals surface area contributed by atoms with Crippen molar-refractivity contribution in [1.29, 1.82) is 0 Å². The van der Waals surface area contributed by atoms with Crippen LogP contribution in [0.15, 0.2) is 12.5 Å². The van der Waals surface area contributed by atoms with Crippen molar-refractivity contribution < 1.29 is 19.5 Å². The van der Waals surface area contributed by atoms with Gasteiger partial charge in [-0.15, -0.1) is 0 Å². The van der Waals surface area contributed by atoms with E-state index in [1.54, 1.807) is 4.90 Å². The standard InChI is InChI=1S/C12H14N4O4/c1-2-9-11(18)15-10(17)5-16(9)4-8-7(12(19)20)3-13-6-14-8/h3,6,9H,2,4-5H2,1H3,(H,19,20)(H,15,17,18). The van der Waals surface area contributed by atoms with Crippen LogP contribution in [0.4, 0.5) is 0 Å². The number of aromatic nitrogens is 2. The molecule has 0 bridgehead atoms. The average molecular weight is 278 g/mol. The first-order chi connectivity index (χ1) is 9.52. The Hall–Kier alpha value is -2.35. The summed E-state index contributed by atoms with van der Waals surface area (Å²) in [6.45, 7) is 1.97. The Balaban J connectivity index is 2.25. The number of piperazine rings is 1. The van der Waals surface area contributed by atoms with Gasteiger partial charge in [0.25, 0.3) is 0 Å². The van der Waals surface area contributed by atoms with Gasteiger partial charge in [-0.3, -0.25) is 19.8 Å². The van der Waals surface area contributed by atoms with Gasteiger partial charge in [0, 0.05) is 12.7 Å². The number of nitrogens with one attached hydrogen (secondary N) is 1. The fourth-order valence-electron chi connectivity index (χ4n) is 2.18. The SMILES string of the molecule is CCC1C(=O)NC(=O)CN1Cc1ncncc1C(=O)O. The molecular weight excluding hydrogens is 264 g/mol. The first-order valence-electron chi connectivity index (χ1n) is 6.12. The minimum Gasteiger partial charge on any atom is -0.478 e. The molecule has 0 spiro atoms. The highest BCUT2D eigenvalue weighted by Crippen LogP contribution is 2.14. The molecule has 2 heterocycles. The van der Waals surface area contributed by atoms with Crippen molar-refractivity contribution in [3.63, 3.8) is 0 Å². The highest BCUT2D eigenvalue weighted by atomic mass is 16.4. The molecule has 0 saturated carbocycles. The second kappa shape index (κ2) is 5.74. The Morgan fingerprint density at radius 1 is 1.55 bits per heavy atom. The third-order valence-electron chi connectivity index (χ3n) is 3.12. The molecule has 2 N–H and O–H groups in total. The Morgan fingerprint density at radius 3 is 2.95 bits per heavy atom. The number of hydrogen-bond acceptors (Lipinski definition) is 6. The van der Waals surface area contributed by atoms with Gasteiger partial charge in [-0.1, -0.05) is 6.92 Å². The molecule has 1 aliphatic rings. The van der Waals surface area contributed by atoms with Crippen molar-refractivity contribution in [2.75, 3.05) is 6.54 Å². The Morgan fingerprint density at radius 2 is 2.30 bits per heavy atom. The van der Waals surface area contributed by atoms with Gasteiger partial charge in [-0.05, 0) is 6.42 Å². The second-order valence-corrected chi connectivity index (χ2v) is 4.43. The number of hydrogen-bond donors (Lipinski definition) is 2. The van der Waals surface area contributed by atoms with Gasteiger partial charge in [0.05, 0.1) is 18.3 Å². The van der Waals surface area contributed by atoms with Gasteiger partial charge in [0.2, 0.25) is 11.8 Å². The van der Waals surface area contributed by atoms with E-state index in [1.165, 1.54) is 12.5 Å². The normalized spacial score (nSPS) is 19.8. The smallest absolute Gasteiger partial charge is 0.339 e. The summed E-state index contributed by atoms with van der Waals surface area (Å²) in [6, 6.07) is -0.468. The first-order valence-corrected chi connectivity index (χ1v) is 6.12. The molecule has 20 heavy (non-hydrogen) atoms. The fraction of sp³-hybridized carbons (Fsp3) is 0.417. The van der Waals surface area contributed by atoms with Crippen LogP contribution in [-0.2, 0) is 16.1 Å². The Labute approximate surface area is 114 Å². The zero-order valence-electron chi connectivity index (χ0n) is 10.9. The number of carbonyl (C=O) groups is 3. The lowest BCUT2D eigenvalue weighted by atomic mass is 10.1. The van der Waals surface area contributed by atoms with E-state index < -0.39 is 17.9 Å². The van der Waals surface area contributed by atoms with Crippen LogP contribution in [0, 0.1) is 0 Å². The van der Waals surface area contributed by atoms with Crippen molar-refractivity contribution in [2.24, 2.45) is 0 Å². The molecule has 2 rings (SSSR count). The molecule has 0 aromatic carbocycles. The molecule has 1 unspecified atom stereocenters. The number of imide groups is 1. The third kappa shape index (κ3) is 2.80. The monoisotopic (exact) mass is 278 g/mol. The molecule has 8 nitrogen and oxygen atoms in total. The predicted octanol–water partition coefficient (Wildman–Crippen LogP) is -0.588. The molecule has 0 radical (unpaired) electrons. The summed E-state index contributed by atoms with van der Waals surface area (Å²) in [5.41, 5.74) is 0.259. The minimum absolute atomic E-state index is 0.0271. The van der Waals surface area contributed by atoms with Gasteiger partial charge >= 0.3 is 5.97 Å². The van der Waals surface area contributed by atoms with Crippen LogP contribution < -0.4 is 5.32 Å². The van der Waals surface area contributed by atoms with Crippen LogP contribution in [0.3, 0.4) is 0 Å². The largest absolute Gasteiger partial charge is 0.478 e. The average Bonchev–Trinajstić information content (AvgIpc) is 2.38. The molecule has 1 atom stereocenters. The third-order valence-corrected chi connectivity index (χ3v) is 3.12. The zero-order chi connectivity index (χ0) is 14.7. The molecular formula is C12H14N4O4. The van der Waals surface area contributed by atoms with Crippen molar-refractivity contribution in [2.45, 2.75) is 25.9 Å². The zero-order valence-corrected chi connectivity index (χ0v) is 10.9. The highest BCUT2D eigenvalue weighted by Gasteiger charge is 2.33. The number of nitrogens with zero attached hydrogens (tertiary/aromatic N) is 3. The summed E-state index contributed by atoms with van der Waals surface area (Å²) in [5, 5.41) is 11.3. The fourth-order valence-corrected chi connectivity index (χ4v) is 2.18. The molecule has 1 aromatic rings. The van der Waals surface area contributed by atoms with Crippen LogP contribution in [0.5, 0.6) is 0 Å². The molecule has 2 amide bonds. The summed E-state index contributed by atoms with van der Waals surface area (Å²) in [5.74, 6) is -1.90. The Bertz CT molecular complexity index is 560. The van der Waals surface area contributed by atoms with E-state index in [9.17, 15) is 14.4 Å². The lowest BCUT2D eigenvalue weighted by molar-refractivity contribution is -0.140. The molecule has 1 aliphatic heterocycles. The van der Waals surface area contributed by atoms with E-state index in [1.807, 2.05) is 6.92 Å². The number of carbonyl (C=O) groups excluding carboxylic acids is 2. The Kier molecular flexibility index (Phi) is 4.04. The number of carboxylic acid groups (broad SMARTS) is 1. The number of aromatic carboxylic acids is 1. The minimum atomic E-state index is -1.14. The van der Waals surface area contributed by atoms with E-state index in [4.69, 9.17) is 5.11 Å². The van der Waals surface area contributed by atoms with Gasteiger partial charge in [-0.2, -0.15) is 0 Å². The van der Waals surface area contributed by atoms with Gasteiger partial charge < -0.3 is 5.11 Å². The highest BCUT2D eigenvalue weighted by molar-refractivity contribution is 6.01. The summed E-state index contributed by atoms with van der Waals surface area (Å²) < 4.78 is 0. The van der Waals surface area contributed by atoms with Crippen LogP contribution in [0.25, 0.3) is 0 Å². The predicted molar refractivity (Wildman–Crippen MR) is 66.6 cm³/mol. The van der Waals surface area contributed by atoms with E-state index in [0.29, 0.717) is 6.42 Å². The van der Waals surface area contributed by atoms with E-state index >= 15 is 0 Å². The molecule has 106 valence electrons. The van der Waals surface area contributed by atoms with Crippen LogP contribution in [0.2, 0.25) is 0 Å². The lowest BCUT2D eigenvalue weighted by Gasteiger charge is -2.33. The summed E-state index contributed by atoms with van der Waals surface area (Å²) in [7, 11) is 0. The van der Waals surface area contributed by atoms with Crippen molar-refractivity contribution >= 4 is 17.8 Å². The molecule has 1 aromatic heterocycles. The molecule has 1 saturated heterocycles. The summed E-state index contributed by atoms with van der Waals surface area (Å²) in [4.78, 5) is 43.5. The van der Waals surface area contributed by atoms with Crippen molar-refractivity contribution in [3.8, 4) is 0 Å². The van der Waals surface area contributed by atoms with Crippen molar-refractivity contribution in [3.05, 3.63) is 23.8 Å². The van der Waals surface area contributed by atoms with Crippen molar-refractivity contribution in [1.82, 2.24) is 20.2 Å². The van der Waals surface area contributed by atoms with Crippen LogP contribution in [0.1, 0.15) is 29.4 Å². The van der Waals surface area contributed by atoms with Gasteiger partial charge in [-0.25, -0.2) is 14.8 Å². The molecule has 8 heteroatoms. The number of rotatable bonds is 4. The van der Waals surface area contributed by atoms with Crippen LogP contribution >= 0.6 is 0 Å². The lowest BCUT2D eigenvalue weighted by Crippen LogP contribution is -2.57. The molecule has 0 aliphatic carbocycles. The first kappa shape index (κ1) is 14.1. The maximum Gasteiger partial charge on any atom is 0.339 e. The van der Waals surface area contributed by atoms with Crippen LogP contribution in [-0.4, -0.2) is 50.3 Å². The van der Waals surface area contributed by atoms with Gasteiger partial charge in [0.15, 0.2) is 0 Å². The van der Waals surface area contributed by atoms with E-state index in [-0.39, 0.29) is 30.3 Å². The maximum absolute atomic E-state index is 11.7. The topological polar surface area (TPSA) is 112 Å². The van der Waals surface area contributed by atoms with E-state index in [2.05, 4.69) is 15.3 Å². The second-order valence-electron chi connectivity index (χ2n) is 4.43. The van der Waals surface area contributed by atoms with Gasteiger partial charge in [0.1, 0.15) is 11.9 Å². The number of carboxylic acids is 1. The summed E-state index contributed by atoms with van der Waals surface area (Å²) in [6.07, 6.45) is 2.97. The van der Waals surface area contributed by atoms with E-state index in [0.717, 1.165) is 0 Å². The quantitative estimate of drug-likeness (QED) is 0.708. The number of amides is 2. The summed E-state index contributed by atoms with van der Waals surface area (Å²) >= 11 is 0. The maximum atomic E-state index is 11.7.